The van der Waals surface area contributed by atoms with Gasteiger partial charge in [-0.1, -0.05) is 61.0 Å². The molecule has 1 unspecified atom stereocenters. The summed E-state index contributed by atoms with van der Waals surface area (Å²) in [5, 5.41) is 10.2. The molecule has 22 heavy (non-hydrogen) atoms. The molecule has 1 aliphatic rings. The summed E-state index contributed by atoms with van der Waals surface area (Å²) in [5.74, 6) is 0.655. The Bertz CT molecular complexity index is 765. The van der Waals surface area contributed by atoms with Gasteiger partial charge < -0.3 is 5.11 Å². The molecule has 3 rings (SSSR count). The van der Waals surface area contributed by atoms with E-state index >= 15 is 0 Å². The van der Waals surface area contributed by atoms with Crippen molar-refractivity contribution in [3.05, 3.63) is 82.4 Å². The number of phenols is 1. The zero-order valence-electron chi connectivity index (χ0n) is 13.4. The fraction of sp³-hybridized carbons (Fsp3) is 0.238. The number of phenolic OH excluding ortho intramolecular Hbond substituents is 1. The second kappa shape index (κ2) is 5.84. The molecule has 0 aromatic heterocycles. The average Bonchev–Trinajstić information content (AvgIpc) is 2.96. The molecule has 1 aliphatic carbocycles. The maximum Gasteiger partial charge on any atom is 0.123 e. The van der Waals surface area contributed by atoms with Crippen molar-refractivity contribution in [3.8, 4) is 5.75 Å². The molecule has 1 nitrogen and oxygen atoms in total. The van der Waals surface area contributed by atoms with Gasteiger partial charge in [-0.25, -0.2) is 0 Å². The lowest BCUT2D eigenvalue weighted by Crippen LogP contribution is -1.97. The van der Waals surface area contributed by atoms with E-state index in [0.717, 1.165) is 23.1 Å². The highest BCUT2D eigenvalue weighted by Crippen LogP contribution is 2.36. The highest BCUT2D eigenvalue weighted by atomic mass is 16.3. The summed E-state index contributed by atoms with van der Waals surface area (Å²) in [5.41, 5.74) is 7.15. The Morgan fingerprint density at radius 2 is 1.73 bits per heavy atom. The van der Waals surface area contributed by atoms with E-state index in [2.05, 4.69) is 50.3 Å². The van der Waals surface area contributed by atoms with Gasteiger partial charge in [0, 0.05) is 11.5 Å². The highest BCUT2D eigenvalue weighted by Gasteiger charge is 2.17. The van der Waals surface area contributed by atoms with Crippen LogP contribution < -0.4 is 0 Å². The van der Waals surface area contributed by atoms with Crippen molar-refractivity contribution in [1.29, 1.82) is 0 Å². The van der Waals surface area contributed by atoms with E-state index < -0.39 is 0 Å². The van der Waals surface area contributed by atoms with Crippen LogP contribution in [0.4, 0.5) is 0 Å². The van der Waals surface area contributed by atoms with Crippen LogP contribution in [0.3, 0.4) is 0 Å². The number of allylic oxidation sites excluding steroid dienone is 4. The Kier molecular flexibility index (Phi) is 3.89. The lowest BCUT2D eigenvalue weighted by Gasteiger charge is -2.13. The van der Waals surface area contributed by atoms with E-state index in [0.29, 0.717) is 11.7 Å². The van der Waals surface area contributed by atoms with Crippen molar-refractivity contribution in [1.82, 2.24) is 0 Å². The van der Waals surface area contributed by atoms with Gasteiger partial charge in [0.2, 0.25) is 0 Å². The minimum atomic E-state index is 0.297. The molecule has 2 aromatic carbocycles. The number of rotatable bonds is 3. The van der Waals surface area contributed by atoms with Gasteiger partial charge in [-0.15, -0.1) is 0 Å². The second-order valence-electron chi connectivity index (χ2n) is 6.08. The molecule has 112 valence electrons. The van der Waals surface area contributed by atoms with E-state index in [9.17, 15) is 5.11 Å². The summed E-state index contributed by atoms with van der Waals surface area (Å²) in [6.45, 7) is 6.33. The van der Waals surface area contributed by atoms with Crippen LogP contribution >= 0.6 is 0 Å². The first-order valence-corrected chi connectivity index (χ1v) is 7.88. The quantitative estimate of drug-likeness (QED) is 0.812. The average molecular weight is 290 g/mol. The van der Waals surface area contributed by atoms with Crippen molar-refractivity contribution in [2.45, 2.75) is 33.1 Å². The number of aromatic hydroxyl groups is 1. The molecule has 0 fully saturated rings. The number of aryl methyl sites for hydroxylation is 3. The van der Waals surface area contributed by atoms with Crippen LogP contribution in [0, 0.1) is 13.8 Å². The van der Waals surface area contributed by atoms with Gasteiger partial charge >= 0.3 is 0 Å². The monoisotopic (exact) mass is 290 g/mol. The lowest BCUT2D eigenvalue weighted by molar-refractivity contribution is 0.473. The third-order valence-corrected chi connectivity index (χ3v) is 4.35. The van der Waals surface area contributed by atoms with Gasteiger partial charge in [0.1, 0.15) is 5.75 Å². The first kappa shape index (κ1) is 14.6. The molecule has 0 radical (unpaired) electrons. The molecule has 1 atom stereocenters. The lowest BCUT2D eigenvalue weighted by atomic mass is 9.92. The van der Waals surface area contributed by atoms with Crippen LogP contribution in [0.25, 0.3) is 5.57 Å². The number of hydrogen-bond donors (Lipinski definition) is 1. The Morgan fingerprint density at radius 3 is 2.45 bits per heavy atom. The van der Waals surface area contributed by atoms with Gasteiger partial charge in [0.05, 0.1) is 0 Å². The van der Waals surface area contributed by atoms with Crippen molar-refractivity contribution in [2.24, 2.45) is 0 Å². The molecule has 2 aromatic rings. The summed E-state index contributed by atoms with van der Waals surface area (Å²) < 4.78 is 0. The molecule has 1 N–H and O–H groups in total. The molecule has 0 heterocycles. The Morgan fingerprint density at radius 1 is 1.00 bits per heavy atom. The Hall–Kier alpha value is -2.28. The molecule has 0 bridgehead atoms. The largest absolute Gasteiger partial charge is 0.507 e. The molecular weight excluding hydrogens is 268 g/mol. The van der Waals surface area contributed by atoms with Crippen molar-refractivity contribution in [2.75, 3.05) is 0 Å². The fourth-order valence-corrected chi connectivity index (χ4v) is 3.12. The summed E-state index contributed by atoms with van der Waals surface area (Å²) >= 11 is 0. The normalized spacial score (nSPS) is 16.9. The van der Waals surface area contributed by atoms with Gasteiger partial charge in [-0.3, -0.25) is 0 Å². The molecule has 1 heteroatoms. The first-order valence-electron chi connectivity index (χ1n) is 7.88. The van der Waals surface area contributed by atoms with E-state index in [1.807, 2.05) is 25.1 Å². The molecule has 0 saturated heterocycles. The molecule has 0 aliphatic heterocycles. The minimum absolute atomic E-state index is 0.297. The Balaban J connectivity index is 1.99. The zero-order chi connectivity index (χ0) is 15.7. The highest BCUT2D eigenvalue weighted by molar-refractivity contribution is 5.81. The van der Waals surface area contributed by atoms with Gasteiger partial charge in [-0.05, 0) is 48.6 Å². The summed E-state index contributed by atoms with van der Waals surface area (Å²) in [6, 6.07) is 12.6. The summed E-state index contributed by atoms with van der Waals surface area (Å²) in [4.78, 5) is 0. The van der Waals surface area contributed by atoms with E-state index in [-0.39, 0.29) is 0 Å². The van der Waals surface area contributed by atoms with Gasteiger partial charge in [0.15, 0.2) is 0 Å². The molecule has 0 saturated carbocycles. The third-order valence-electron chi connectivity index (χ3n) is 4.35. The van der Waals surface area contributed by atoms with Crippen LogP contribution in [-0.4, -0.2) is 5.11 Å². The van der Waals surface area contributed by atoms with Crippen LogP contribution in [0.15, 0.2) is 54.6 Å². The minimum Gasteiger partial charge on any atom is -0.507 e. The summed E-state index contributed by atoms with van der Waals surface area (Å²) in [6.07, 6.45) is 7.64. The van der Waals surface area contributed by atoms with Crippen molar-refractivity contribution in [3.63, 3.8) is 0 Å². The third kappa shape index (κ3) is 2.71. The van der Waals surface area contributed by atoms with E-state index in [1.54, 1.807) is 0 Å². The Labute approximate surface area is 132 Å². The molecular formula is C21H22O. The van der Waals surface area contributed by atoms with Crippen LogP contribution in [-0.2, 0) is 6.42 Å². The molecule has 0 spiro atoms. The van der Waals surface area contributed by atoms with E-state index in [4.69, 9.17) is 0 Å². The predicted molar refractivity (Wildman–Crippen MR) is 93.3 cm³/mol. The van der Waals surface area contributed by atoms with Gasteiger partial charge in [0.25, 0.3) is 0 Å². The first-order chi connectivity index (χ1) is 10.6. The van der Waals surface area contributed by atoms with Gasteiger partial charge in [-0.2, -0.15) is 0 Å². The SMILES string of the molecule is CCc1ccc(C)cc1C1C=CC(c2ccc(C)cc2O)=C1. The van der Waals surface area contributed by atoms with E-state index in [1.165, 1.54) is 16.7 Å². The predicted octanol–water partition coefficient (Wildman–Crippen LogP) is 5.31. The second-order valence-corrected chi connectivity index (χ2v) is 6.08. The van der Waals surface area contributed by atoms with Crippen molar-refractivity contribution < 1.29 is 5.11 Å². The number of benzene rings is 2. The smallest absolute Gasteiger partial charge is 0.123 e. The van der Waals surface area contributed by atoms with Crippen LogP contribution in [0.1, 0.15) is 40.7 Å². The standard InChI is InChI=1S/C21H22O/c1-4-16-7-5-14(2)11-20(16)18-9-8-17(13-18)19-10-6-15(3)12-21(19)22/h5-13,18,22H,4H2,1-3H3. The number of hydrogen-bond acceptors (Lipinski definition) is 1. The van der Waals surface area contributed by atoms with Crippen molar-refractivity contribution >= 4 is 5.57 Å². The molecule has 0 amide bonds. The topological polar surface area (TPSA) is 20.2 Å². The maximum absolute atomic E-state index is 10.2. The maximum atomic E-state index is 10.2. The summed E-state index contributed by atoms with van der Waals surface area (Å²) in [7, 11) is 0. The van der Waals surface area contributed by atoms with Crippen LogP contribution in [0.5, 0.6) is 5.75 Å². The van der Waals surface area contributed by atoms with Crippen LogP contribution in [0.2, 0.25) is 0 Å². The fourth-order valence-electron chi connectivity index (χ4n) is 3.12. The zero-order valence-corrected chi connectivity index (χ0v) is 13.4.